The third kappa shape index (κ3) is 9.95. The van der Waals surface area contributed by atoms with Crippen molar-refractivity contribution in [1.29, 1.82) is 0 Å². The van der Waals surface area contributed by atoms with Crippen molar-refractivity contribution < 1.29 is 14.3 Å². The van der Waals surface area contributed by atoms with Crippen LogP contribution >= 0.6 is 15.9 Å². The Bertz CT molecular complexity index is 144. The Morgan fingerprint density at radius 1 is 1.36 bits per heavy atom. The summed E-state index contributed by atoms with van der Waals surface area (Å²) in [4.78, 5) is 11.0. The summed E-state index contributed by atoms with van der Waals surface area (Å²) >= 11 is 3.20. The van der Waals surface area contributed by atoms with E-state index in [0.717, 1.165) is 6.42 Å². The molecule has 0 saturated heterocycles. The molecule has 0 rings (SSSR count). The summed E-state index contributed by atoms with van der Waals surface area (Å²) in [5, 5.41) is 3.51. The SMILES string of the molecule is COCCOCCCNC(=O)CCBr. The fraction of sp³-hybridized carbons (Fsp3) is 0.889. The highest BCUT2D eigenvalue weighted by molar-refractivity contribution is 9.09. The van der Waals surface area contributed by atoms with Gasteiger partial charge in [0.2, 0.25) is 5.91 Å². The minimum atomic E-state index is 0.0822. The second kappa shape index (κ2) is 10.9. The predicted molar refractivity (Wildman–Crippen MR) is 58.7 cm³/mol. The number of carbonyl (C=O) groups excluding carboxylic acids is 1. The summed E-state index contributed by atoms with van der Waals surface area (Å²) in [5.74, 6) is 0.0822. The molecule has 0 unspecified atom stereocenters. The van der Waals surface area contributed by atoms with Gasteiger partial charge in [0.05, 0.1) is 13.2 Å². The molecule has 0 aromatic carbocycles. The number of nitrogens with one attached hydrogen (secondary N) is 1. The number of ether oxygens (including phenoxy) is 2. The molecule has 0 atom stereocenters. The van der Waals surface area contributed by atoms with Crippen LogP contribution in [0.25, 0.3) is 0 Å². The first-order valence-corrected chi connectivity index (χ1v) is 5.82. The second-order valence-electron chi connectivity index (χ2n) is 2.75. The molecule has 0 aliphatic carbocycles. The number of hydrogen-bond donors (Lipinski definition) is 1. The highest BCUT2D eigenvalue weighted by Crippen LogP contribution is 1.87. The fourth-order valence-corrected chi connectivity index (χ4v) is 1.18. The lowest BCUT2D eigenvalue weighted by Gasteiger charge is -2.04. The van der Waals surface area contributed by atoms with Crippen LogP contribution in [0.4, 0.5) is 0 Å². The Morgan fingerprint density at radius 3 is 2.79 bits per heavy atom. The van der Waals surface area contributed by atoms with E-state index in [4.69, 9.17) is 9.47 Å². The normalized spacial score (nSPS) is 10.1. The summed E-state index contributed by atoms with van der Waals surface area (Å²) in [6.45, 7) is 2.58. The van der Waals surface area contributed by atoms with E-state index in [-0.39, 0.29) is 5.91 Å². The van der Waals surface area contributed by atoms with Crippen molar-refractivity contribution in [2.24, 2.45) is 0 Å². The third-order valence-electron chi connectivity index (χ3n) is 1.54. The fourth-order valence-electron chi connectivity index (χ4n) is 0.821. The van der Waals surface area contributed by atoms with Gasteiger partial charge in [-0.15, -0.1) is 0 Å². The van der Waals surface area contributed by atoms with Gasteiger partial charge >= 0.3 is 0 Å². The van der Waals surface area contributed by atoms with Crippen LogP contribution in [-0.2, 0) is 14.3 Å². The van der Waals surface area contributed by atoms with E-state index in [1.807, 2.05) is 0 Å². The zero-order valence-corrected chi connectivity index (χ0v) is 10.1. The molecule has 1 N–H and O–H groups in total. The Balaban J connectivity index is 3.01. The number of halogens is 1. The van der Waals surface area contributed by atoms with Gasteiger partial charge < -0.3 is 14.8 Å². The summed E-state index contributed by atoms with van der Waals surface area (Å²) in [6.07, 6.45) is 1.38. The molecule has 0 aromatic heterocycles. The van der Waals surface area contributed by atoms with Gasteiger partial charge in [-0.25, -0.2) is 0 Å². The average Bonchev–Trinajstić information content (AvgIpc) is 2.17. The van der Waals surface area contributed by atoms with Crippen LogP contribution in [0.5, 0.6) is 0 Å². The van der Waals surface area contributed by atoms with E-state index in [9.17, 15) is 4.79 Å². The zero-order valence-electron chi connectivity index (χ0n) is 8.55. The van der Waals surface area contributed by atoms with E-state index < -0.39 is 0 Å². The molecule has 4 nitrogen and oxygen atoms in total. The van der Waals surface area contributed by atoms with Gasteiger partial charge in [-0.05, 0) is 6.42 Å². The third-order valence-corrected chi connectivity index (χ3v) is 1.94. The molecule has 0 radical (unpaired) electrons. The van der Waals surface area contributed by atoms with Gasteiger partial charge in [-0.2, -0.15) is 0 Å². The zero-order chi connectivity index (χ0) is 10.6. The average molecular weight is 268 g/mol. The molecule has 1 amide bonds. The van der Waals surface area contributed by atoms with Gasteiger partial charge in [-0.1, -0.05) is 15.9 Å². The van der Waals surface area contributed by atoms with Gasteiger partial charge in [0, 0.05) is 32.0 Å². The highest BCUT2D eigenvalue weighted by atomic mass is 79.9. The topological polar surface area (TPSA) is 47.6 Å². The molecule has 0 aliphatic heterocycles. The van der Waals surface area contributed by atoms with Crippen LogP contribution in [-0.4, -0.2) is 44.7 Å². The Hall–Kier alpha value is -0.130. The molecule has 5 heteroatoms. The van der Waals surface area contributed by atoms with E-state index in [1.54, 1.807) is 7.11 Å². The van der Waals surface area contributed by atoms with E-state index in [1.165, 1.54) is 0 Å². The Labute approximate surface area is 93.5 Å². The van der Waals surface area contributed by atoms with Crippen LogP contribution in [0.15, 0.2) is 0 Å². The number of alkyl halides is 1. The largest absolute Gasteiger partial charge is 0.382 e. The molecule has 14 heavy (non-hydrogen) atoms. The summed E-state index contributed by atoms with van der Waals surface area (Å²) in [5.41, 5.74) is 0. The maximum atomic E-state index is 11.0. The number of carbonyl (C=O) groups is 1. The van der Waals surface area contributed by atoms with E-state index >= 15 is 0 Å². The first-order chi connectivity index (χ1) is 6.81. The molecule has 0 fully saturated rings. The van der Waals surface area contributed by atoms with Gasteiger partial charge in [-0.3, -0.25) is 4.79 Å². The van der Waals surface area contributed by atoms with Crippen molar-refractivity contribution in [3.8, 4) is 0 Å². The van der Waals surface area contributed by atoms with Crippen LogP contribution in [0.2, 0.25) is 0 Å². The maximum absolute atomic E-state index is 11.0. The molecular formula is C9H18BrNO3. The quantitative estimate of drug-likeness (QED) is 0.500. The number of methoxy groups -OCH3 is 1. The van der Waals surface area contributed by atoms with Crippen LogP contribution in [0.3, 0.4) is 0 Å². The Morgan fingerprint density at radius 2 is 2.14 bits per heavy atom. The van der Waals surface area contributed by atoms with Crippen molar-refractivity contribution in [3.05, 3.63) is 0 Å². The van der Waals surface area contributed by atoms with E-state index in [0.29, 0.717) is 38.1 Å². The minimum Gasteiger partial charge on any atom is -0.382 e. The summed E-state index contributed by atoms with van der Waals surface area (Å²) in [7, 11) is 1.64. The van der Waals surface area contributed by atoms with Crippen molar-refractivity contribution in [3.63, 3.8) is 0 Å². The molecule has 0 bridgehead atoms. The number of amides is 1. The van der Waals surface area contributed by atoms with Crippen LogP contribution < -0.4 is 5.32 Å². The first kappa shape index (κ1) is 13.9. The maximum Gasteiger partial charge on any atom is 0.220 e. The van der Waals surface area contributed by atoms with Gasteiger partial charge in [0.15, 0.2) is 0 Å². The van der Waals surface area contributed by atoms with Gasteiger partial charge in [0.1, 0.15) is 0 Å². The molecule has 0 saturated carbocycles. The lowest BCUT2D eigenvalue weighted by atomic mass is 10.4. The monoisotopic (exact) mass is 267 g/mol. The van der Waals surface area contributed by atoms with Crippen molar-refractivity contribution >= 4 is 21.8 Å². The van der Waals surface area contributed by atoms with Crippen molar-refractivity contribution in [1.82, 2.24) is 5.32 Å². The first-order valence-electron chi connectivity index (χ1n) is 4.70. The molecule has 0 aliphatic rings. The second-order valence-corrected chi connectivity index (χ2v) is 3.54. The highest BCUT2D eigenvalue weighted by Gasteiger charge is 1.97. The lowest BCUT2D eigenvalue weighted by Crippen LogP contribution is -2.25. The van der Waals surface area contributed by atoms with Crippen molar-refractivity contribution in [2.45, 2.75) is 12.8 Å². The smallest absolute Gasteiger partial charge is 0.220 e. The molecule has 0 spiro atoms. The van der Waals surface area contributed by atoms with Gasteiger partial charge in [0.25, 0.3) is 0 Å². The minimum absolute atomic E-state index is 0.0822. The predicted octanol–water partition coefficient (Wildman–Crippen LogP) is 0.941. The molecule has 84 valence electrons. The standard InChI is InChI=1S/C9H18BrNO3/c1-13-7-8-14-6-2-5-11-9(12)3-4-10/h2-8H2,1H3,(H,11,12). The molecular weight excluding hydrogens is 250 g/mol. The van der Waals surface area contributed by atoms with Crippen LogP contribution in [0.1, 0.15) is 12.8 Å². The summed E-state index contributed by atoms with van der Waals surface area (Å²) in [6, 6.07) is 0. The number of rotatable bonds is 9. The lowest BCUT2D eigenvalue weighted by molar-refractivity contribution is -0.120. The molecule has 0 heterocycles. The number of hydrogen-bond acceptors (Lipinski definition) is 3. The van der Waals surface area contributed by atoms with Crippen LogP contribution in [0, 0.1) is 0 Å². The van der Waals surface area contributed by atoms with Crippen molar-refractivity contribution in [2.75, 3.05) is 38.8 Å². The molecule has 0 aromatic rings. The Kier molecular flexibility index (Phi) is 10.8. The summed E-state index contributed by atoms with van der Waals surface area (Å²) < 4.78 is 10.0. The van der Waals surface area contributed by atoms with E-state index in [2.05, 4.69) is 21.2 Å².